The summed E-state index contributed by atoms with van der Waals surface area (Å²) in [4.78, 5) is 12.4. The largest absolute Gasteiger partial charge is 0.373 e. The molecule has 2 heterocycles. The Hall–Kier alpha value is -0.290. The summed E-state index contributed by atoms with van der Waals surface area (Å²) < 4.78 is 7.66. The van der Waals surface area contributed by atoms with Crippen LogP contribution in [-0.4, -0.2) is 32.8 Å². The first-order valence-electron chi connectivity index (χ1n) is 6.59. The number of hydrogen-bond donors (Lipinski definition) is 0. The fourth-order valence-corrected chi connectivity index (χ4v) is 3.85. The topological polar surface area (TPSA) is 35.5 Å². The number of carbonyl (C=O) groups excluding carboxylic acids is 1. The van der Waals surface area contributed by atoms with Gasteiger partial charge >= 0.3 is 0 Å². The highest BCUT2D eigenvalue weighted by molar-refractivity contribution is 6.70. The van der Waals surface area contributed by atoms with Gasteiger partial charge in [-0.15, -0.1) is 0 Å². The summed E-state index contributed by atoms with van der Waals surface area (Å²) in [5, 5.41) is 0. The third-order valence-corrected chi connectivity index (χ3v) is 5.54. The van der Waals surface area contributed by atoms with Crippen LogP contribution in [0.15, 0.2) is 42.5 Å². The van der Waals surface area contributed by atoms with E-state index in [2.05, 4.69) is 0 Å². The zero-order valence-electron chi connectivity index (χ0n) is 11.3. The van der Waals surface area contributed by atoms with Crippen molar-refractivity contribution in [1.82, 2.24) is 0 Å². The van der Waals surface area contributed by atoms with Gasteiger partial charge in [-0.2, -0.15) is 0 Å². The van der Waals surface area contributed by atoms with E-state index in [-0.39, 0.29) is 6.61 Å². The molecule has 3 nitrogen and oxygen atoms in total. The lowest BCUT2D eigenvalue weighted by molar-refractivity contribution is -0.150. The number of alkyl halides is 4. The molecule has 22 heavy (non-hydrogen) atoms. The minimum Gasteiger partial charge on any atom is -0.373 e. The van der Waals surface area contributed by atoms with E-state index in [0.29, 0.717) is 6.61 Å². The normalized spacial score (nSPS) is 31.5. The van der Waals surface area contributed by atoms with Crippen LogP contribution in [-0.2, 0) is 20.9 Å². The van der Waals surface area contributed by atoms with E-state index in [9.17, 15) is 4.79 Å². The Bertz CT molecular complexity index is 614. The molecule has 0 aliphatic carbocycles. The van der Waals surface area contributed by atoms with Crippen molar-refractivity contribution in [3.8, 4) is 0 Å². The molecule has 0 aromatic heterocycles. The number of rotatable bonds is 4. The lowest BCUT2D eigenvalue weighted by Crippen LogP contribution is -2.65. The molecule has 2 bridgehead atoms. The zero-order chi connectivity index (χ0) is 16.0. The first-order chi connectivity index (χ1) is 10.3. The first kappa shape index (κ1) is 16.6. The minimum atomic E-state index is -1.92. The molecule has 2 aliphatic heterocycles. The quantitative estimate of drug-likeness (QED) is 0.587. The molecule has 1 fully saturated rings. The second kappa shape index (κ2) is 5.66. The summed E-state index contributed by atoms with van der Waals surface area (Å²) in [6.07, 6.45) is 2.40. The van der Waals surface area contributed by atoms with E-state index in [1.54, 1.807) is 12.2 Å². The average Bonchev–Trinajstić information content (AvgIpc) is 2.92. The third kappa shape index (κ3) is 2.48. The van der Waals surface area contributed by atoms with Gasteiger partial charge in [0.25, 0.3) is 0 Å². The minimum absolute atomic E-state index is 0.0114. The van der Waals surface area contributed by atoms with Crippen molar-refractivity contribution in [2.75, 3.05) is 6.61 Å². The van der Waals surface area contributed by atoms with Crippen molar-refractivity contribution in [3.05, 3.63) is 48.0 Å². The third-order valence-electron chi connectivity index (χ3n) is 3.78. The van der Waals surface area contributed by atoms with Gasteiger partial charge in [0.2, 0.25) is 14.4 Å². The molecule has 1 aromatic rings. The maximum absolute atomic E-state index is 12.4. The van der Waals surface area contributed by atoms with Crippen molar-refractivity contribution in [2.45, 2.75) is 27.0 Å². The van der Waals surface area contributed by atoms with Crippen LogP contribution in [0.25, 0.3) is 0 Å². The fraction of sp³-hybridized carbons (Fsp3) is 0.400. The highest BCUT2D eigenvalue weighted by Gasteiger charge is 2.69. The number of fused-ring (bicyclic) bond motifs is 2. The molecule has 3 rings (SSSR count). The SMILES string of the molecule is O=C1C(Cl)(Cl)C2C=CC(COCc3ccccc3)(O2)C1(Cl)Cl. The Morgan fingerprint density at radius 2 is 1.82 bits per heavy atom. The molecular formula is C15H12Cl4O3. The number of carbonyl (C=O) groups is 1. The van der Waals surface area contributed by atoms with Crippen LogP contribution in [0, 0.1) is 0 Å². The molecule has 0 amide bonds. The summed E-state index contributed by atoms with van der Waals surface area (Å²) in [7, 11) is 0. The lowest BCUT2D eigenvalue weighted by Gasteiger charge is -2.45. The number of ether oxygens (including phenoxy) is 2. The van der Waals surface area contributed by atoms with Crippen LogP contribution in [0.5, 0.6) is 0 Å². The van der Waals surface area contributed by atoms with Gasteiger partial charge in [0.15, 0.2) is 5.60 Å². The highest BCUT2D eigenvalue weighted by atomic mass is 35.5. The van der Waals surface area contributed by atoms with Gasteiger partial charge in [0, 0.05) is 0 Å². The molecular weight excluding hydrogens is 370 g/mol. The van der Waals surface area contributed by atoms with Crippen molar-refractivity contribution in [3.63, 3.8) is 0 Å². The molecule has 2 unspecified atom stereocenters. The number of hydrogen-bond acceptors (Lipinski definition) is 3. The predicted octanol–water partition coefficient (Wildman–Crippen LogP) is 3.83. The van der Waals surface area contributed by atoms with E-state index in [1.165, 1.54) is 0 Å². The van der Waals surface area contributed by atoms with Crippen LogP contribution in [0.4, 0.5) is 0 Å². The molecule has 118 valence electrons. The van der Waals surface area contributed by atoms with Crippen LogP contribution in [0.2, 0.25) is 0 Å². The van der Waals surface area contributed by atoms with E-state index >= 15 is 0 Å². The summed E-state index contributed by atoms with van der Waals surface area (Å²) in [6, 6.07) is 9.58. The second-order valence-corrected chi connectivity index (χ2v) is 8.01. The molecule has 2 atom stereocenters. The van der Waals surface area contributed by atoms with Crippen LogP contribution >= 0.6 is 46.4 Å². The Balaban J connectivity index is 1.76. The van der Waals surface area contributed by atoms with Crippen molar-refractivity contribution in [2.24, 2.45) is 0 Å². The maximum atomic E-state index is 12.4. The van der Waals surface area contributed by atoms with Gasteiger partial charge in [-0.3, -0.25) is 4.79 Å². The standard InChI is InChI=1S/C15H12Cl4O3/c16-14(17)11-6-7-13(22-11,15(18,19)12(14)20)9-21-8-10-4-2-1-3-5-10/h1-7,11H,8-9H2. The second-order valence-electron chi connectivity index (χ2n) is 5.29. The summed E-state index contributed by atoms with van der Waals surface area (Å²) in [5.41, 5.74) is -0.307. The number of Topliss-reactive ketones (excluding diaryl/α,β-unsaturated/α-hetero) is 1. The fourth-order valence-electron chi connectivity index (χ4n) is 2.52. The summed E-state index contributed by atoms with van der Waals surface area (Å²) in [5.74, 6) is -0.698. The van der Waals surface area contributed by atoms with Gasteiger partial charge in [-0.05, 0) is 11.6 Å². The molecule has 2 aliphatic rings. The van der Waals surface area contributed by atoms with Crippen LogP contribution < -0.4 is 0 Å². The number of halogens is 4. The molecule has 0 saturated carbocycles. The van der Waals surface area contributed by atoms with Crippen LogP contribution in [0.1, 0.15) is 5.56 Å². The van der Waals surface area contributed by atoms with Crippen molar-refractivity contribution < 1.29 is 14.3 Å². The van der Waals surface area contributed by atoms with Gasteiger partial charge in [0.1, 0.15) is 6.10 Å². The Labute approximate surface area is 148 Å². The van der Waals surface area contributed by atoms with Gasteiger partial charge in [-0.1, -0.05) is 82.8 Å². The maximum Gasteiger partial charge on any atom is 0.213 e. The predicted molar refractivity (Wildman–Crippen MR) is 86.7 cm³/mol. The van der Waals surface area contributed by atoms with Gasteiger partial charge in [0.05, 0.1) is 13.2 Å². The van der Waals surface area contributed by atoms with Crippen LogP contribution in [0.3, 0.4) is 0 Å². The van der Waals surface area contributed by atoms with Crippen molar-refractivity contribution >= 4 is 52.2 Å². The molecule has 0 N–H and O–H groups in total. The Kier molecular flexibility index (Phi) is 4.26. The first-order valence-corrected chi connectivity index (χ1v) is 8.10. The van der Waals surface area contributed by atoms with E-state index < -0.39 is 26.2 Å². The molecule has 0 spiro atoms. The molecule has 7 heteroatoms. The van der Waals surface area contributed by atoms with E-state index in [0.717, 1.165) is 5.56 Å². The van der Waals surface area contributed by atoms with Gasteiger partial charge < -0.3 is 9.47 Å². The highest BCUT2D eigenvalue weighted by Crippen LogP contribution is 2.54. The van der Waals surface area contributed by atoms with Crippen molar-refractivity contribution in [1.29, 1.82) is 0 Å². The average molecular weight is 382 g/mol. The number of benzene rings is 1. The molecule has 0 radical (unpaired) electrons. The Morgan fingerprint density at radius 3 is 2.50 bits per heavy atom. The Morgan fingerprint density at radius 1 is 1.14 bits per heavy atom. The lowest BCUT2D eigenvalue weighted by atomic mass is 9.93. The molecule has 1 aromatic carbocycles. The smallest absolute Gasteiger partial charge is 0.213 e. The van der Waals surface area contributed by atoms with Gasteiger partial charge in [-0.25, -0.2) is 0 Å². The van der Waals surface area contributed by atoms with E-state index in [1.807, 2.05) is 30.3 Å². The van der Waals surface area contributed by atoms with E-state index in [4.69, 9.17) is 55.9 Å². The zero-order valence-corrected chi connectivity index (χ0v) is 14.3. The summed E-state index contributed by atoms with van der Waals surface area (Å²) in [6.45, 7) is 0.354. The monoisotopic (exact) mass is 380 g/mol. The number of ketones is 1. The molecule has 1 saturated heterocycles. The summed E-state index contributed by atoms with van der Waals surface area (Å²) >= 11 is 24.5.